The van der Waals surface area contributed by atoms with E-state index >= 15 is 0 Å². The molecule has 6 nitrogen and oxygen atoms in total. The van der Waals surface area contributed by atoms with E-state index in [1.165, 1.54) is 11.3 Å². The summed E-state index contributed by atoms with van der Waals surface area (Å²) in [5.74, 6) is -0.447. The van der Waals surface area contributed by atoms with Crippen molar-refractivity contribution in [3.63, 3.8) is 0 Å². The van der Waals surface area contributed by atoms with E-state index in [0.29, 0.717) is 11.4 Å². The second kappa shape index (κ2) is 5.78. The summed E-state index contributed by atoms with van der Waals surface area (Å²) in [5, 5.41) is 12.3. The van der Waals surface area contributed by atoms with Crippen LogP contribution in [-0.2, 0) is 0 Å². The Balaban J connectivity index is 1.61. The molecule has 0 radical (unpaired) electrons. The Morgan fingerprint density at radius 1 is 1.17 bits per heavy atom. The average molecular weight is 336 g/mol. The molecule has 0 atom stereocenters. The number of carbonyl (C=O) groups excluding carboxylic acids is 1. The number of aromatic nitrogens is 3. The molecule has 0 fully saturated rings. The van der Waals surface area contributed by atoms with Crippen molar-refractivity contribution in [2.45, 2.75) is 0 Å². The molecule has 0 aliphatic heterocycles. The molecule has 24 heavy (non-hydrogen) atoms. The molecule has 0 aliphatic rings. The maximum absolute atomic E-state index is 12.4. The summed E-state index contributed by atoms with van der Waals surface area (Å²) >= 11 is 1.52. The van der Waals surface area contributed by atoms with Gasteiger partial charge >= 0.3 is 0 Å². The van der Waals surface area contributed by atoms with Crippen LogP contribution >= 0.6 is 11.3 Å². The van der Waals surface area contributed by atoms with E-state index in [0.717, 1.165) is 15.8 Å². The second-order valence-corrected chi connectivity index (χ2v) is 6.17. The minimum absolute atomic E-state index is 0.0718. The normalized spacial score (nSPS) is 10.8. The highest BCUT2D eigenvalue weighted by Gasteiger charge is 2.12. The van der Waals surface area contributed by atoms with Gasteiger partial charge in [0.15, 0.2) is 0 Å². The number of nitrogens with zero attached hydrogens (tertiary/aromatic N) is 1. The first-order valence-electron chi connectivity index (χ1n) is 7.22. The number of benzene rings is 1. The molecule has 3 heterocycles. The van der Waals surface area contributed by atoms with Crippen molar-refractivity contribution in [3.8, 4) is 10.6 Å². The van der Waals surface area contributed by atoms with E-state index in [9.17, 15) is 9.59 Å². The van der Waals surface area contributed by atoms with Gasteiger partial charge < -0.3 is 10.3 Å². The Morgan fingerprint density at radius 2 is 2.08 bits per heavy atom. The van der Waals surface area contributed by atoms with Crippen molar-refractivity contribution in [2.24, 2.45) is 0 Å². The number of aromatic amines is 2. The molecule has 0 bridgehead atoms. The monoisotopic (exact) mass is 336 g/mol. The van der Waals surface area contributed by atoms with Crippen molar-refractivity contribution in [3.05, 3.63) is 70.0 Å². The molecular weight excluding hydrogens is 324 g/mol. The van der Waals surface area contributed by atoms with Gasteiger partial charge in [-0.05, 0) is 41.8 Å². The average Bonchev–Trinajstić information content (AvgIpc) is 3.25. The van der Waals surface area contributed by atoms with Crippen LogP contribution in [0.2, 0.25) is 0 Å². The van der Waals surface area contributed by atoms with Gasteiger partial charge in [0, 0.05) is 11.1 Å². The van der Waals surface area contributed by atoms with Gasteiger partial charge in [-0.1, -0.05) is 6.07 Å². The predicted octanol–water partition coefficient (Wildman–Crippen LogP) is 3.23. The molecule has 3 N–H and O–H groups in total. The molecule has 3 aromatic heterocycles. The standard InChI is InChI=1S/C17H12N4O2S/c22-16(19-11-3-5-13-10(8-11)9-18-21-13)12-4-6-14(20-17(12)23)15-2-1-7-24-15/h1-9H,(H,18,21)(H,19,22)(H,20,23). The van der Waals surface area contributed by atoms with E-state index in [-0.39, 0.29) is 5.56 Å². The molecule has 1 aromatic carbocycles. The van der Waals surface area contributed by atoms with Crippen LogP contribution in [0.4, 0.5) is 5.69 Å². The van der Waals surface area contributed by atoms with Crippen LogP contribution in [-0.4, -0.2) is 21.1 Å². The number of carbonyl (C=O) groups is 1. The Labute approximate surface area is 140 Å². The van der Waals surface area contributed by atoms with Crippen LogP contribution in [0.25, 0.3) is 21.5 Å². The van der Waals surface area contributed by atoms with Gasteiger partial charge in [-0.3, -0.25) is 14.7 Å². The zero-order valence-electron chi connectivity index (χ0n) is 12.4. The van der Waals surface area contributed by atoms with Crippen molar-refractivity contribution in [2.75, 3.05) is 5.32 Å². The quantitative estimate of drug-likeness (QED) is 0.536. The lowest BCUT2D eigenvalue weighted by atomic mass is 10.2. The zero-order chi connectivity index (χ0) is 16.5. The minimum Gasteiger partial charge on any atom is -0.322 e. The van der Waals surface area contributed by atoms with Crippen molar-refractivity contribution >= 4 is 33.8 Å². The number of hydrogen-bond acceptors (Lipinski definition) is 4. The zero-order valence-corrected chi connectivity index (χ0v) is 13.2. The molecule has 4 rings (SSSR count). The Kier molecular flexibility index (Phi) is 3.47. The highest BCUT2D eigenvalue weighted by atomic mass is 32.1. The van der Waals surface area contributed by atoms with E-state index in [4.69, 9.17) is 0 Å². The lowest BCUT2D eigenvalue weighted by Gasteiger charge is -2.05. The maximum Gasteiger partial charge on any atom is 0.261 e. The van der Waals surface area contributed by atoms with Crippen LogP contribution in [0.15, 0.2) is 58.8 Å². The third-order valence-corrected chi connectivity index (χ3v) is 4.54. The summed E-state index contributed by atoms with van der Waals surface area (Å²) < 4.78 is 0. The van der Waals surface area contributed by atoms with Gasteiger partial charge in [0.1, 0.15) is 5.56 Å². The van der Waals surface area contributed by atoms with Crippen molar-refractivity contribution < 1.29 is 4.79 Å². The van der Waals surface area contributed by atoms with Crippen LogP contribution in [0.3, 0.4) is 0 Å². The van der Waals surface area contributed by atoms with Crippen molar-refractivity contribution in [1.82, 2.24) is 15.2 Å². The van der Waals surface area contributed by atoms with E-state index in [1.54, 1.807) is 30.5 Å². The summed E-state index contributed by atoms with van der Waals surface area (Å²) in [6, 6.07) is 12.5. The topological polar surface area (TPSA) is 90.6 Å². The van der Waals surface area contributed by atoms with Gasteiger partial charge in [-0.25, -0.2) is 0 Å². The summed E-state index contributed by atoms with van der Waals surface area (Å²) in [4.78, 5) is 28.3. The van der Waals surface area contributed by atoms with Gasteiger partial charge in [0.05, 0.1) is 22.3 Å². The first-order chi connectivity index (χ1) is 11.7. The first kappa shape index (κ1) is 14.4. The Hall–Kier alpha value is -3.19. The lowest BCUT2D eigenvalue weighted by molar-refractivity contribution is 0.102. The van der Waals surface area contributed by atoms with Crippen molar-refractivity contribution in [1.29, 1.82) is 0 Å². The lowest BCUT2D eigenvalue weighted by Crippen LogP contribution is -2.23. The molecule has 0 aliphatic carbocycles. The second-order valence-electron chi connectivity index (χ2n) is 5.22. The number of fused-ring (bicyclic) bond motifs is 1. The number of rotatable bonds is 3. The van der Waals surface area contributed by atoms with Gasteiger partial charge in [0.2, 0.25) is 0 Å². The summed E-state index contributed by atoms with van der Waals surface area (Å²) in [7, 11) is 0. The summed E-state index contributed by atoms with van der Waals surface area (Å²) in [6.45, 7) is 0. The van der Waals surface area contributed by atoms with E-state index < -0.39 is 11.5 Å². The minimum atomic E-state index is -0.447. The predicted molar refractivity (Wildman–Crippen MR) is 94.4 cm³/mol. The fourth-order valence-corrected chi connectivity index (χ4v) is 3.15. The van der Waals surface area contributed by atoms with Gasteiger partial charge in [-0.15, -0.1) is 11.3 Å². The Bertz CT molecular complexity index is 1080. The fourth-order valence-electron chi connectivity index (χ4n) is 2.45. The van der Waals surface area contributed by atoms with Crippen LogP contribution in [0.1, 0.15) is 10.4 Å². The number of thiophene rings is 1. The molecule has 4 aromatic rings. The van der Waals surface area contributed by atoms with Crippen LogP contribution < -0.4 is 10.9 Å². The largest absolute Gasteiger partial charge is 0.322 e. The van der Waals surface area contributed by atoms with Gasteiger partial charge in [-0.2, -0.15) is 5.10 Å². The highest BCUT2D eigenvalue weighted by Crippen LogP contribution is 2.22. The van der Waals surface area contributed by atoms with Gasteiger partial charge in [0.25, 0.3) is 11.5 Å². The number of hydrogen-bond donors (Lipinski definition) is 3. The molecule has 0 saturated carbocycles. The SMILES string of the molecule is O=C(Nc1ccc2[nH]ncc2c1)c1ccc(-c2cccs2)[nH]c1=O. The first-order valence-corrected chi connectivity index (χ1v) is 8.10. The maximum atomic E-state index is 12.4. The molecule has 0 spiro atoms. The van der Waals surface area contributed by atoms with E-state index in [2.05, 4.69) is 20.5 Å². The van der Waals surface area contributed by atoms with Crippen LogP contribution in [0.5, 0.6) is 0 Å². The number of amides is 1. The smallest absolute Gasteiger partial charge is 0.261 e. The third-order valence-electron chi connectivity index (χ3n) is 3.64. The number of pyridine rings is 1. The summed E-state index contributed by atoms with van der Waals surface area (Å²) in [6.07, 6.45) is 1.67. The molecule has 1 amide bonds. The summed E-state index contributed by atoms with van der Waals surface area (Å²) in [5.41, 5.74) is 1.85. The molecule has 118 valence electrons. The Morgan fingerprint density at radius 3 is 2.88 bits per heavy atom. The number of nitrogens with one attached hydrogen (secondary N) is 3. The number of anilines is 1. The molecular formula is C17H12N4O2S. The highest BCUT2D eigenvalue weighted by molar-refractivity contribution is 7.13. The molecule has 0 unspecified atom stereocenters. The number of H-pyrrole nitrogens is 2. The molecule has 7 heteroatoms. The molecule has 0 saturated heterocycles. The third kappa shape index (κ3) is 2.61. The van der Waals surface area contributed by atoms with E-state index in [1.807, 2.05) is 23.6 Å². The fraction of sp³-hybridized carbons (Fsp3) is 0. The van der Waals surface area contributed by atoms with Crippen LogP contribution in [0, 0.1) is 0 Å².